The molecule has 0 atom stereocenters. The number of nitrogens with one attached hydrogen (secondary N) is 1. The van der Waals surface area contributed by atoms with Gasteiger partial charge >= 0.3 is 24.5 Å². The number of rotatable bonds is 5. The van der Waals surface area contributed by atoms with Gasteiger partial charge in [0.05, 0.1) is 37.6 Å². The SMILES string of the molecule is CC(C)(C)OC(=O)N1CCN(Cc2cc(C(F)(F)F)ccc2N2CCOCC2)CC1.CC(C)(C)OC(=O)N1CCNCC1.O=Cc1cc(C(F)(F)F)ccc1N1CCOCC1. The number of anilines is 2. The molecule has 6 rings (SSSR count). The lowest BCUT2D eigenvalue weighted by molar-refractivity contribution is -0.138. The van der Waals surface area contributed by atoms with Crippen LogP contribution in [-0.4, -0.2) is 149 Å². The van der Waals surface area contributed by atoms with Crippen molar-refractivity contribution in [1.82, 2.24) is 20.0 Å². The van der Waals surface area contributed by atoms with Crippen LogP contribution in [0.5, 0.6) is 0 Å². The van der Waals surface area contributed by atoms with Crippen LogP contribution < -0.4 is 15.1 Å². The molecule has 4 aliphatic heterocycles. The lowest BCUT2D eigenvalue weighted by atomic mass is 10.1. The van der Waals surface area contributed by atoms with Crippen LogP contribution in [0.1, 0.15) is 68.6 Å². The molecule has 4 saturated heterocycles. The lowest BCUT2D eigenvalue weighted by Gasteiger charge is -2.37. The summed E-state index contributed by atoms with van der Waals surface area (Å²) < 4.78 is 98.6. The van der Waals surface area contributed by atoms with E-state index in [1.54, 1.807) is 15.9 Å². The predicted molar refractivity (Wildman–Crippen MR) is 218 cm³/mol. The Morgan fingerprint density at radius 3 is 1.49 bits per heavy atom. The first kappa shape index (κ1) is 49.3. The summed E-state index contributed by atoms with van der Waals surface area (Å²) in [6.45, 7) is 21.5. The number of amides is 2. The maximum atomic E-state index is 13.3. The van der Waals surface area contributed by atoms with E-state index in [9.17, 15) is 40.7 Å². The summed E-state index contributed by atoms with van der Waals surface area (Å²) in [5.74, 6) is 0. The highest BCUT2D eigenvalue weighted by atomic mass is 19.4. The number of aldehydes is 1. The number of morpholine rings is 2. The van der Waals surface area contributed by atoms with E-state index in [2.05, 4.69) is 15.1 Å². The molecule has 19 heteroatoms. The summed E-state index contributed by atoms with van der Waals surface area (Å²) in [4.78, 5) is 44.1. The maximum Gasteiger partial charge on any atom is 0.416 e. The molecule has 1 N–H and O–H groups in total. The van der Waals surface area contributed by atoms with Crippen molar-refractivity contribution in [3.05, 3.63) is 58.7 Å². The summed E-state index contributed by atoms with van der Waals surface area (Å²) in [7, 11) is 0. The number of carbonyl (C=O) groups is 3. The molecule has 4 heterocycles. The quantitative estimate of drug-likeness (QED) is 0.254. The number of hydrogen-bond acceptors (Lipinski definition) is 11. The lowest BCUT2D eigenvalue weighted by Crippen LogP contribution is -2.49. The molecule has 0 aromatic heterocycles. The Balaban J connectivity index is 0.000000223. The Labute approximate surface area is 354 Å². The van der Waals surface area contributed by atoms with Crippen molar-refractivity contribution in [3.63, 3.8) is 0 Å². The molecule has 342 valence electrons. The van der Waals surface area contributed by atoms with E-state index >= 15 is 0 Å². The number of carbonyl (C=O) groups excluding carboxylic acids is 3. The van der Waals surface area contributed by atoms with Gasteiger partial charge in [0, 0.05) is 102 Å². The zero-order valence-corrected chi connectivity index (χ0v) is 35.9. The van der Waals surface area contributed by atoms with Crippen molar-refractivity contribution in [2.75, 3.05) is 115 Å². The molecular formula is C42H60F6N6O7. The molecule has 2 aromatic rings. The van der Waals surface area contributed by atoms with E-state index in [0.717, 1.165) is 50.1 Å². The second kappa shape index (κ2) is 21.6. The van der Waals surface area contributed by atoms with E-state index in [-0.39, 0.29) is 23.4 Å². The van der Waals surface area contributed by atoms with Gasteiger partial charge in [0.15, 0.2) is 6.29 Å². The number of benzene rings is 2. The monoisotopic (exact) mass is 874 g/mol. The molecule has 0 saturated carbocycles. The highest BCUT2D eigenvalue weighted by Crippen LogP contribution is 2.35. The van der Waals surface area contributed by atoms with Gasteiger partial charge in [-0.15, -0.1) is 0 Å². The third kappa shape index (κ3) is 16.1. The second-order valence-electron chi connectivity index (χ2n) is 16.9. The van der Waals surface area contributed by atoms with E-state index < -0.39 is 29.1 Å². The molecule has 0 radical (unpaired) electrons. The summed E-state index contributed by atoms with van der Waals surface area (Å²) in [5, 5.41) is 3.18. The first-order valence-electron chi connectivity index (χ1n) is 20.4. The fraction of sp³-hybridized carbons (Fsp3) is 0.643. The number of halogens is 6. The van der Waals surface area contributed by atoms with Crippen LogP contribution in [0, 0.1) is 0 Å². The zero-order valence-electron chi connectivity index (χ0n) is 35.9. The summed E-state index contributed by atoms with van der Waals surface area (Å²) in [6.07, 6.45) is -8.90. The van der Waals surface area contributed by atoms with Crippen molar-refractivity contribution < 1.29 is 59.7 Å². The number of hydrogen-bond donors (Lipinski definition) is 1. The highest BCUT2D eigenvalue weighted by Gasteiger charge is 2.34. The Bertz CT molecular complexity index is 1720. The largest absolute Gasteiger partial charge is 0.444 e. The molecular weight excluding hydrogens is 814 g/mol. The first-order chi connectivity index (χ1) is 28.5. The van der Waals surface area contributed by atoms with E-state index in [0.29, 0.717) is 103 Å². The van der Waals surface area contributed by atoms with Crippen LogP contribution in [0.2, 0.25) is 0 Å². The number of nitrogens with zero attached hydrogens (tertiary/aromatic N) is 5. The molecule has 0 bridgehead atoms. The molecule has 2 aromatic carbocycles. The summed E-state index contributed by atoms with van der Waals surface area (Å²) >= 11 is 0. The fourth-order valence-electron chi connectivity index (χ4n) is 6.75. The average molecular weight is 875 g/mol. The van der Waals surface area contributed by atoms with Crippen molar-refractivity contribution in [3.8, 4) is 0 Å². The van der Waals surface area contributed by atoms with E-state index in [1.165, 1.54) is 12.1 Å². The molecule has 2 amide bonds. The molecule has 0 aliphatic carbocycles. The summed E-state index contributed by atoms with van der Waals surface area (Å²) in [5.41, 5.74) is -0.323. The van der Waals surface area contributed by atoms with Gasteiger partial charge in [-0.05, 0) is 83.5 Å². The number of alkyl halides is 6. The number of piperazine rings is 2. The molecule has 0 spiro atoms. The van der Waals surface area contributed by atoms with Crippen LogP contribution in [0.15, 0.2) is 36.4 Å². The zero-order chi connectivity index (χ0) is 45.0. The third-order valence-electron chi connectivity index (χ3n) is 9.78. The Morgan fingerprint density at radius 2 is 1.05 bits per heavy atom. The van der Waals surface area contributed by atoms with E-state index in [1.807, 2.05) is 46.4 Å². The van der Waals surface area contributed by atoms with Gasteiger partial charge in [0.1, 0.15) is 11.2 Å². The van der Waals surface area contributed by atoms with Crippen LogP contribution >= 0.6 is 0 Å². The van der Waals surface area contributed by atoms with Gasteiger partial charge in [-0.2, -0.15) is 26.3 Å². The second-order valence-corrected chi connectivity index (χ2v) is 16.9. The minimum Gasteiger partial charge on any atom is -0.444 e. The molecule has 4 fully saturated rings. The Kier molecular flexibility index (Phi) is 17.5. The van der Waals surface area contributed by atoms with E-state index in [4.69, 9.17) is 18.9 Å². The normalized spacial score (nSPS) is 18.3. The predicted octanol–water partition coefficient (Wildman–Crippen LogP) is 6.78. The number of ether oxygens (including phenoxy) is 4. The average Bonchev–Trinajstić information content (AvgIpc) is 3.20. The Hall–Kier alpha value is -4.33. The smallest absolute Gasteiger partial charge is 0.416 e. The first-order valence-corrected chi connectivity index (χ1v) is 20.4. The van der Waals surface area contributed by atoms with Crippen LogP contribution in [-0.2, 0) is 37.8 Å². The fourth-order valence-corrected chi connectivity index (χ4v) is 6.75. The molecule has 13 nitrogen and oxygen atoms in total. The van der Waals surface area contributed by atoms with Crippen LogP contribution in [0.4, 0.5) is 47.3 Å². The van der Waals surface area contributed by atoms with Gasteiger partial charge in [-0.3, -0.25) is 9.69 Å². The Morgan fingerprint density at radius 1 is 0.623 bits per heavy atom. The molecule has 4 aliphatic rings. The molecule has 0 unspecified atom stereocenters. The van der Waals surface area contributed by atoms with Gasteiger partial charge in [0.2, 0.25) is 0 Å². The topological polar surface area (TPSA) is 116 Å². The standard InChI is InChI=1S/C21H30F3N3O3.C12H12F3NO2.C9H18N2O2/c1-20(2,3)30-19(28)27-8-6-25(7-9-27)15-16-14-17(21(22,23)24)4-5-18(16)26-10-12-29-13-11-26;13-12(14,15)10-1-2-11(9(7-10)8-17)16-3-5-18-6-4-16;1-9(2,3)13-8(12)11-6-4-10-5-7-11/h4-5,14H,6-13,15H2,1-3H3;1-2,7-8H,3-6H2;10H,4-7H2,1-3H3. The van der Waals surface area contributed by atoms with Crippen molar-refractivity contribution in [2.45, 2.75) is 71.6 Å². The van der Waals surface area contributed by atoms with Crippen LogP contribution in [0.25, 0.3) is 0 Å². The maximum absolute atomic E-state index is 13.3. The van der Waals surface area contributed by atoms with Gasteiger partial charge in [0.25, 0.3) is 0 Å². The van der Waals surface area contributed by atoms with Crippen molar-refractivity contribution >= 4 is 29.8 Å². The third-order valence-corrected chi connectivity index (χ3v) is 9.78. The summed E-state index contributed by atoms with van der Waals surface area (Å²) in [6, 6.07) is 7.20. The highest BCUT2D eigenvalue weighted by molar-refractivity contribution is 5.85. The van der Waals surface area contributed by atoms with Gasteiger partial charge in [-0.25, -0.2) is 9.59 Å². The van der Waals surface area contributed by atoms with Gasteiger partial charge < -0.3 is 43.9 Å². The minimum atomic E-state index is -4.43. The van der Waals surface area contributed by atoms with Crippen LogP contribution in [0.3, 0.4) is 0 Å². The van der Waals surface area contributed by atoms with Crippen molar-refractivity contribution in [1.29, 1.82) is 0 Å². The molecule has 61 heavy (non-hydrogen) atoms. The van der Waals surface area contributed by atoms with Crippen molar-refractivity contribution in [2.24, 2.45) is 0 Å². The minimum absolute atomic E-state index is 0.0618. The van der Waals surface area contributed by atoms with Gasteiger partial charge in [-0.1, -0.05) is 0 Å².